The fourth-order valence-electron chi connectivity index (χ4n) is 2.26. The molecule has 0 bridgehead atoms. The van der Waals surface area contributed by atoms with Gasteiger partial charge in [-0.1, -0.05) is 18.2 Å². The Morgan fingerprint density at radius 1 is 1.29 bits per heavy atom. The van der Waals surface area contributed by atoms with E-state index in [-0.39, 0.29) is 16.9 Å². The second-order valence-corrected chi connectivity index (χ2v) is 5.93. The molecule has 0 spiro atoms. The van der Waals surface area contributed by atoms with Crippen molar-refractivity contribution in [3.8, 4) is 11.4 Å². The number of carboxylic acids is 1. The van der Waals surface area contributed by atoms with Crippen LogP contribution in [0.25, 0.3) is 21.6 Å². The van der Waals surface area contributed by atoms with Crippen LogP contribution in [-0.4, -0.2) is 21.0 Å². The zero-order valence-electron chi connectivity index (χ0n) is 11.4. The smallest absolute Gasteiger partial charge is 0.336 e. The standard InChI is InChI=1S/C15H12N2O3S/c1-7-8(2)21-14-11(7)13(18)16-12(17-14)9-5-3-4-6-10(9)15(19)20/h3-6H,1-2H3,(H,19,20)(H,16,17,18). The van der Waals surface area contributed by atoms with Crippen LogP contribution in [0.3, 0.4) is 0 Å². The van der Waals surface area contributed by atoms with Crippen molar-refractivity contribution in [2.75, 3.05) is 0 Å². The molecule has 6 heteroatoms. The van der Waals surface area contributed by atoms with Crippen LogP contribution in [0, 0.1) is 13.8 Å². The number of hydrogen-bond donors (Lipinski definition) is 2. The predicted molar refractivity (Wildman–Crippen MR) is 82.1 cm³/mol. The highest BCUT2D eigenvalue weighted by atomic mass is 32.1. The van der Waals surface area contributed by atoms with Crippen molar-refractivity contribution in [1.29, 1.82) is 0 Å². The molecule has 3 aromatic rings. The molecule has 1 aromatic carbocycles. The van der Waals surface area contributed by atoms with E-state index in [0.29, 0.717) is 15.8 Å². The molecule has 3 rings (SSSR count). The quantitative estimate of drug-likeness (QED) is 0.762. The Hall–Kier alpha value is -2.47. The molecule has 2 aromatic heterocycles. The first-order valence-electron chi connectivity index (χ1n) is 6.31. The minimum absolute atomic E-state index is 0.116. The number of carboxylic acid groups (broad SMARTS) is 1. The number of thiophene rings is 1. The summed E-state index contributed by atoms with van der Waals surface area (Å²) in [5.41, 5.74) is 1.21. The number of aromatic nitrogens is 2. The molecule has 0 aliphatic carbocycles. The number of nitrogens with one attached hydrogen (secondary N) is 1. The van der Waals surface area contributed by atoms with Gasteiger partial charge in [0.15, 0.2) is 0 Å². The molecule has 2 N–H and O–H groups in total. The highest BCUT2D eigenvalue weighted by molar-refractivity contribution is 7.18. The number of aryl methyl sites for hydroxylation is 2. The maximum absolute atomic E-state index is 12.3. The third-order valence-electron chi connectivity index (χ3n) is 3.45. The van der Waals surface area contributed by atoms with Gasteiger partial charge in [0, 0.05) is 10.4 Å². The number of benzene rings is 1. The highest BCUT2D eigenvalue weighted by Crippen LogP contribution is 2.28. The van der Waals surface area contributed by atoms with Gasteiger partial charge in [0.25, 0.3) is 5.56 Å². The fourth-order valence-corrected chi connectivity index (χ4v) is 3.29. The van der Waals surface area contributed by atoms with Gasteiger partial charge in [0.1, 0.15) is 10.7 Å². The molecule has 0 saturated carbocycles. The minimum atomic E-state index is -1.05. The summed E-state index contributed by atoms with van der Waals surface area (Å²) in [4.78, 5) is 32.3. The Morgan fingerprint density at radius 3 is 2.71 bits per heavy atom. The maximum atomic E-state index is 12.3. The van der Waals surface area contributed by atoms with Crippen molar-refractivity contribution >= 4 is 27.5 Å². The Balaban J connectivity index is 2.33. The summed E-state index contributed by atoms with van der Waals surface area (Å²) >= 11 is 1.44. The number of aromatic amines is 1. The van der Waals surface area contributed by atoms with Crippen LogP contribution >= 0.6 is 11.3 Å². The predicted octanol–water partition coefficient (Wildman–Crippen LogP) is 2.97. The fraction of sp³-hybridized carbons (Fsp3) is 0.133. The van der Waals surface area contributed by atoms with E-state index in [2.05, 4.69) is 9.97 Å². The molecule has 106 valence electrons. The van der Waals surface area contributed by atoms with Crippen molar-refractivity contribution in [2.24, 2.45) is 0 Å². The van der Waals surface area contributed by atoms with E-state index in [1.165, 1.54) is 17.4 Å². The number of carbonyl (C=O) groups is 1. The van der Waals surface area contributed by atoms with Gasteiger partial charge in [-0.15, -0.1) is 11.3 Å². The van der Waals surface area contributed by atoms with E-state index in [9.17, 15) is 14.7 Å². The Kier molecular flexibility index (Phi) is 3.10. The lowest BCUT2D eigenvalue weighted by Crippen LogP contribution is -2.10. The molecular formula is C15H12N2O3S. The Morgan fingerprint density at radius 2 is 2.00 bits per heavy atom. The number of rotatable bonds is 2. The molecule has 0 radical (unpaired) electrons. The zero-order chi connectivity index (χ0) is 15.1. The summed E-state index contributed by atoms with van der Waals surface area (Å²) < 4.78 is 0. The number of nitrogens with zero attached hydrogens (tertiary/aromatic N) is 1. The number of hydrogen-bond acceptors (Lipinski definition) is 4. The van der Waals surface area contributed by atoms with E-state index < -0.39 is 5.97 Å². The van der Waals surface area contributed by atoms with Crippen molar-refractivity contribution in [1.82, 2.24) is 9.97 Å². The minimum Gasteiger partial charge on any atom is -0.478 e. The Bertz CT molecular complexity index is 924. The average Bonchev–Trinajstić information content (AvgIpc) is 2.74. The summed E-state index contributed by atoms with van der Waals surface area (Å²) in [7, 11) is 0. The molecule has 0 fully saturated rings. The van der Waals surface area contributed by atoms with Crippen LogP contribution in [0.5, 0.6) is 0 Å². The third-order valence-corrected chi connectivity index (χ3v) is 4.55. The van der Waals surface area contributed by atoms with Crippen LogP contribution in [0.1, 0.15) is 20.8 Å². The van der Waals surface area contributed by atoms with Gasteiger partial charge >= 0.3 is 5.97 Å². The van der Waals surface area contributed by atoms with E-state index in [1.54, 1.807) is 18.2 Å². The van der Waals surface area contributed by atoms with Crippen LogP contribution in [0.4, 0.5) is 0 Å². The first-order valence-corrected chi connectivity index (χ1v) is 7.13. The van der Waals surface area contributed by atoms with E-state index in [1.807, 2.05) is 13.8 Å². The SMILES string of the molecule is Cc1sc2nc(-c3ccccc3C(=O)O)[nH]c(=O)c2c1C. The van der Waals surface area contributed by atoms with Crippen molar-refractivity contribution in [3.05, 3.63) is 50.6 Å². The van der Waals surface area contributed by atoms with Crippen LogP contribution < -0.4 is 5.56 Å². The van der Waals surface area contributed by atoms with Gasteiger partial charge in [0.2, 0.25) is 0 Å². The zero-order valence-corrected chi connectivity index (χ0v) is 12.2. The van der Waals surface area contributed by atoms with Gasteiger partial charge in [-0.2, -0.15) is 0 Å². The summed E-state index contributed by atoms with van der Waals surface area (Å²) in [6.07, 6.45) is 0. The van der Waals surface area contributed by atoms with Crippen LogP contribution in [0.15, 0.2) is 29.1 Å². The molecule has 0 amide bonds. The maximum Gasteiger partial charge on any atom is 0.336 e. The molecule has 0 atom stereocenters. The number of fused-ring (bicyclic) bond motifs is 1. The first-order chi connectivity index (χ1) is 9.99. The van der Waals surface area contributed by atoms with E-state index >= 15 is 0 Å². The van der Waals surface area contributed by atoms with Gasteiger partial charge in [-0.25, -0.2) is 9.78 Å². The van der Waals surface area contributed by atoms with Gasteiger partial charge in [0.05, 0.1) is 10.9 Å². The largest absolute Gasteiger partial charge is 0.478 e. The molecule has 21 heavy (non-hydrogen) atoms. The molecule has 0 aliphatic heterocycles. The average molecular weight is 300 g/mol. The van der Waals surface area contributed by atoms with Gasteiger partial charge in [-0.3, -0.25) is 4.79 Å². The van der Waals surface area contributed by atoms with Crippen molar-refractivity contribution in [2.45, 2.75) is 13.8 Å². The molecule has 0 aliphatic rings. The van der Waals surface area contributed by atoms with Gasteiger partial charge in [-0.05, 0) is 25.5 Å². The lowest BCUT2D eigenvalue weighted by atomic mass is 10.1. The molecule has 2 heterocycles. The van der Waals surface area contributed by atoms with E-state index in [0.717, 1.165) is 10.4 Å². The number of H-pyrrole nitrogens is 1. The van der Waals surface area contributed by atoms with Crippen molar-refractivity contribution in [3.63, 3.8) is 0 Å². The van der Waals surface area contributed by atoms with Crippen LogP contribution in [-0.2, 0) is 0 Å². The molecule has 5 nitrogen and oxygen atoms in total. The monoisotopic (exact) mass is 300 g/mol. The second kappa shape index (κ2) is 4.82. The lowest BCUT2D eigenvalue weighted by molar-refractivity contribution is 0.0697. The van der Waals surface area contributed by atoms with Gasteiger partial charge < -0.3 is 10.1 Å². The normalized spacial score (nSPS) is 11.0. The third kappa shape index (κ3) is 2.13. The summed E-state index contributed by atoms with van der Waals surface area (Å²) in [5.74, 6) is -0.765. The molecule has 0 unspecified atom stereocenters. The molecule has 0 saturated heterocycles. The first kappa shape index (κ1) is 13.5. The topological polar surface area (TPSA) is 83.0 Å². The lowest BCUT2D eigenvalue weighted by Gasteiger charge is -2.05. The second-order valence-electron chi connectivity index (χ2n) is 4.73. The van der Waals surface area contributed by atoms with Crippen molar-refractivity contribution < 1.29 is 9.90 Å². The van der Waals surface area contributed by atoms with E-state index in [4.69, 9.17) is 0 Å². The summed E-state index contributed by atoms with van der Waals surface area (Å²) in [6.45, 7) is 3.82. The highest BCUT2D eigenvalue weighted by Gasteiger charge is 2.16. The molecular weight excluding hydrogens is 288 g/mol. The van der Waals surface area contributed by atoms with Crippen LogP contribution in [0.2, 0.25) is 0 Å². The number of aromatic carboxylic acids is 1. The summed E-state index contributed by atoms with van der Waals surface area (Å²) in [5, 5.41) is 9.82. The Labute approximate surface area is 123 Å². The summed E-state index contributed by atoms with van der Waals surface area (Å²) in [6, 6.07) is 6.49.